The van der Waals surface area contributed by atoms with Crippen molar-refractivity contribution in [2.45, 2.75) is 83.0 Å². The maximum atomic E-state index is 13.4. The molecule has 1 aliphatic heterocycles. The first-order valence-corrected chi connectivity index (χ1v) is 14.2. The molecule has 1 aromatic rings. The third-order valence-electron chi connectivity index (χ3n) is 10.3. The van der Waals surface area contributed by atoms with Crippen molar-refractivity contribution < 1.29 is 14.4 Å². The number of amides is 1. The van der Waals surface area contributed by atoms with Gasteiger partial charge in [-0.05, 0) is 110 Å². The summed E-state index contributed by atoms with van der Waals surface area (Å²) in [5.74, 6) is 6.21. The van der Waals surface area contributed by atoms with Gasteiger partial charge in [0.25, 0.3) is 0 Å². The third kappa shape index (κ3) is 4.22. The lowest BCUT2D eigenvalue weighted by atomic mass is 9.51. The van der Waals surface area contributed by atoms with Crippen LogP contribution in [0.4, 0.5) is 0 Å². The average molecular weight is 529 g/mol. The quantitative estimate of drug-likeness (QED) is 0.461. The highest BCUT2D eigenvalue weighted by atomic mass is 79.9. The van der Waals surface area contributed by atoms with Gasteiger partial charge >= 0.3 is 6.15 Å². The van der Waals surface area contributed by atoms with Gasteiger partial charge in [0.2, 0.25) is 5.91 Å². The largest absolute Gasteiger partial charge is 0.373 e. The van der Waals surface area contributed by atoms with Crippen LogP contribution in [-0.2, 0) is 19.8 Å². The number of halogens is 1. The molecular formula is C29H38BrNO3. The van der Waals surface area contributed by atoms with Crippen LogP contribution in [0.2, 0.25) is 0 Å². The highest BCUT2D eigenvalue weighted by Gasteiger charge is 2.50. The highest BCUT2D eigenvalue weighted by Crippen LogP contribution is 2.58. The zero-order valence-corrected chi connectivity index (χ0v) is 22.2. The SMILES string of the molecule is CC(C)C1CC2(CCN(C(=O)CC3C4CC5CC(C4)CC3C5)CC2)c2c(Br)cccc21.O=C=O. The van der Waals surface area contributed by atoms with Gasteiger partial charge in [-0.2, -0.15) is 9.59 Å². The van der Waals surface area contributed by atoms with Gasteiger partial charge in [0.05, 0.1) is 0 Å². The Labute approximate surface area is 212 Å². The molecule has 0 aromatic heterocycles. The van der Waals surface area contributed by atoms with Crippen molar-refractivity contribution in [2.24, 2.45) is 35.5 Å². The summed E-state index contributed by atoms with van der Waals surface area (Å²) in [6.07, 6.45) is 11.8. The molecule has 4 nitrogen and oxygen atoms in total. The van der Waals surface area contributed by atoms with Gasteiger partial charge in [-0.3, -0.25) is 4.79 Å². The van der Waals surface area contributed by atoms with Gasteiger partial charge in [0.1, 0.15) is 0 Å². The van der Waals surface area contributed by atoms with E-state index in [0.717, 1.165) is 56.0 Å². The molecule has 5 heteroatoms. The van der Waals surface area contributed by atoms with E-state index in [1.54, 1.807) is 11.1 Å². The van der Waals surface area contributed by atoms with Crippen molar-refractivity contribution in [1.29, 1.82) is 0 Å². The van der Waals surface area contributed by atoms with Crippen molar-refractivity contribution in [3.05, 3.63) is 33.8 Å². The molecule has 5 fully saturated rings. The Morgan fingerprint density at radius 1 is 1.06 bits per heavy atom. The van der Waals surface area contributed by atoms with Crippen LogP contribution in [0.1, 0.15) is 88.7 Å². The Kier molecular flexibility index (Phi) is 6.81. The van der Waals surface area contributed by atoms with E-state index < -0.39 is 0 Å². The summed E-state index contributed by atoms with van der Waals surface area (Å²) < 4.78 is 1.29. The number of fused-ring (bicyclic) bond motifs is 2. The molecule has 1 heterocycles. The standard InChI is InChI=1S/C28H38BrNO.CO2/c1-17(2)24-16-28(27-22(24)4-3-5-25(27)29)6-8-30(9-7-28)26(31)15-23-20-11-18-10-19(13-20)14-21(23)12-18;2-1-3/h3-5,17-21,23-24H,6-16H2,1-2H3;. The van der Waals surface area contributed by atoms with Crippen LogP contribution >= 0.6 is 15.9 Å². The molecule has 7 rings (SSSR count). The van der Waals surface area contributed by atoms with Crippen LogP contribution in [0, 0.1) is 35.5 Å². The minimum absolute atomic E-state index is 0.250. The molecule has 1 unspecified atom stereocenters. The predicted octanol–water partition coefficient (Wildman–Crippen LogP) is 6.33. The number of carbonyl (C=O) groups is 1. The van der Waals surface area contributed by atoms with Crippen LogP contribution < -0.4 is 0 Å². The van der Waals surface area contributed by atoms with E-state index in [1.807, 2.05) is 0 Å². The van der Waals surface area contributed by atoms with Gasteiger partial charge in [-0.25, -0.2) is 0 Å². The monoisotopic (exact) mass is 527 g/mol. The van der Waals surface area contributed by atoms with Crippen LogP contribution in [0.5, 0.6) is 0 Å². The number of likely N-dealkylation sites (tertiary alicyclic amines) is 1. The molecule has 5 aliphatic carbocycles. The Morgan fingerprint density at radius 3 is 2.21 bits per heavy atom. The first-order chi connectivity index (χ1) is 16.3. The van der Waals surface area contributed by atoms with Crippen LogP contribution in [0.25, 0.3) is 0 Å². The lowest BCUT2D eigenvalue weighted by molar-refractivity contribution is -0.191. The van der Waals surface area contributed by atoms with Crippen LogP contribution in [-0.4, -0.2) is 30.0 Å². The second kappa shape index (κ2) is 9.54. The zero-order chi connectivity index (χ0) is 24.0. The van der Waals surface area contributed by atoms with E-state index >= 15 is 0 Å². The molecule has 0 N–H and O–H groups in total. The summed E-state index contributed by atoms with van der Waals surface area (Å²) >= 11 is 3.90. The van der Waals surface area contributed by atoms with Gasteiger partial charge < -0.3 is 4.90 Å². The fourth-order valence-corrected chi connectivity index (χ4v) is 9.78. The van der Waals surface area contributed by atoms with Crippen LogP contribution in [0.15, 0.2) is 22.7 Å². The van der Waals surface area contributed by atoms with Crippen molar-refractivity contribution >= 4 is 28.0 Å². The van der Waals surface area contributed by atoms with Crippen molar-refractivity contribution in [2.75, 3.05) is 13.1 Å². The lowest BCUT2D eigenvalue weighted by Crippen LogP contribution is -2.49. The van der Waals surface area contributed by atoms with Crippen molar-refractivity contribution in [3.63, 3.8) is 0 Å². The summed E-state index contributed by atoms with van der Waals surface area (Å²) in [6.45, 7) is 6.66. The first-order valence-electron chi connectivity index (χ1n) is 13.4. The van der Waals surface area contributed by atoms with Crippen molar-refractivity contribution in [1.82, 2.24) is 4.90 Å². The van der Waals surface area contributed by atoms with E-state index in [2.05, 4.69) is 52.9 Å². The summed E-state index contributed by atoms with van der Waals surface area (Å²) in [4.78, 5) is 31.9. The predicted molar refractivity (Wildman–Crippen MR) is 134 cm³/mol. The Morgan fingerprint density at radius 2 is 1.65 bits per heavy atom. The third-order valence-corrected chi connectivity index (χ3v) is 11.0. The number of hydrogen-bond donors (Lipinski definition) is 0. The molecule has 1 saturated heterocycles. The topological polar surface area (TPSA) is 54.5 Å². The number of carbonyl (C=O) groups excluding carboxylic acids is 3. The summed E-state index contributed by atoms with van der Waals surface area (Å²) in [5, 5.41) is 0. The average Bonchev–Trinajstić information content (AvgIpc) is 3.12. The van der Waals surface area contributed by atoms with E-state index in [0.29, 0.717) is 23.7 Å². The molecule has 1 spiro atoms. The summed E-state index contributed by atoms with van der Waals surface area (Å²) in [7, 11) is 0. The molecule has 1 aromatic carbocycles. The molecule has 184 valence electrons. The Hall–Kier alpha value is -1.45. The minimum Gasteiger partial charge on any atom is -0.343 e. The van der Waals surface area contributed by atoms with Crippen molar-refractivity contribution in [3.8, 4) is 0 Å². The number of hydrogen-bond acceptors (Lipinski definition) is 3. The first kappa shape index (κ1) is 24.3. The fraction of sp³-hybridized carbons (Fsp3) is 0.724. The zero-order valence-electron chi connectivity index (χ0n) is 20.6. The van der Waals surface area contributed by atoms with Gasteiger partial charge in [0.15, 0.2) is 0 Å². The summed E-state index contributed by atoms with van der Waals surface area (Å²) in [5.41, 5.74) is 3.41. The smallest absolute Gasteiger partial charge is 0.343 e. The second-order valence-electron chi connectivity index (χ2n) is 12.3. The molecule has 0 radical (unpaired) electrons. The van der Waals surface area contributed by atoms with E-state index in [-0.39, 0.29) is 11.6 Å². The van der Waals surface area contributed by atoms with Gasteiger partial charge in [-0.1, -0.05) is 41.9 Å². The van der Waals surface area contributed by atoms with Gasteiger partial charge in [-0.15, -0.1) is 0 Å². The van der Waals surface area contributed by atoms with Crippen LogP contribution in [0.3, 0.4) is 0 Å². The maximum Gasteiger partial charge on any atom is 0.373 e. The molecule has 4 bridgehead atoms. The fourth-order valence-electron chi connectivity index (χ4n) is 8.98. The molecular weight excluding hydrogens is 490 g/mol. The Balaban J connectivity index is 0.000000764. The number of rotatable bonds is 3. The minimum atomic E-state index is 0.250. The second-order valence-corrected chi connectivity index (χ2v) is 13.2. The van der Waals surface area contributed by atoms with E-state index in [9.17, 15) is 4.79 Å². The lowest BCUT2D eigenvalue weighted by Gasteiger charge is -2.54. The summed E-state index contributed by atoms with van der Waals surface area (Å²) in [6, 6.07) is 6.80. The number of piperidine rings is 1. The van der Waals surface area contributed by atoms with E-state index in [1.165, 1.54) is 43.0 Å². The Bertz CT molecular complexity index is 930. The number of nitrogens with zero attached hydrogens (tertiary/aromatic N) is 1. The highest BCUT2D eigenvalue weighted by molar-refractivity contribution is 9.10. The molecule has 1 atom stereocenters. The molecule has 1 amide bonds. The van der Waals surface area contributed by atoms with E-state index in [4.69, 9.17) is 9.59 Å². The molecule has 34 heavy (non-hydrogen) atoms. The molecule has 6 aliphatic rings. The normalized spacial score (nSPS) is 34.5. The number of benzene rings is 1. The maximum absolute atomic E-state index is 13.4. The van der Waals surface area contributed by atoms with Gasteiger partial charge in [0, 0.05) is 29.4 Å². The molecule has 4 saturated carbocycles.